The van der Waals surface area contributed by atoms with E-state index in [9.17, 15) is 14.7 Å². The molecule has 3 heterocycles. The highest BCUT2D eigenvalue weighted by Gasteiger charge is 2.47. The van der Waals surface area contributed by atoms with Crippen LogP contribution in [0, 0.1) is 0 Å². The molecule has 0 radical (unpaired) electrons. The van der Waals surface area contributed by atoms with Gasteiger partial charge in [-0.1, -0.05) is 24.3 Å². The minimum absolute atomic E-state index is 0.00458. The third kappa shape index (κ3) is 3.74. The molecule has 1 aliphatic rings. The van der Waals surface area contributed by atoms with Crippen molar-refractivity contribution >= 4 is 38.4 Å². The normalized spacial score (nSPS) is 15.8. The Morgan fingerprint density at radius 1 is 1.17 bits per heavy atom. The minimum atomic E-state index is -1.02. The average molecular weight is 491 g/mol. The van der Waals surface area contributed by atoms with Gasteiger partial charge in [0.2, 0.25) is 5.78 Å². The highest BCUT2D eigenvalue weighted by molar-refractivity contribution is 7.22. The second kappa shape index (κ2) is 8.92. The van der Waals surface area contributed by atoms with E-state index >= 15 is 0 Å². The van der Waals surface area contributed by atoms with Crippen molar-refractivity contribution in [3.63, 3.8) is 0 Å². The number of aliphatic hydroxyl groups is 1. The third-order valence-electron chi connectivity index (χ3n) is 5.99. The van der Waals surface area contributed by atoms with Crippen LogP contribution in [-0.4, -0.2) is 36.0 Å². The standard InChI is InChI=1S/C26H22N2O6S/c1-4-14-7-9-17-20(12-14)35-26(27-17)28-22(16-13-15(32-2)8-10-18(16)33-3)21(24(30)25(28)31)23(29)19-6-5-11-34-19/h5-13,22,30H,4H2,1-3H3. The Hall–Kier alpha value is -4.11. The van der Waals surface area contributed by atoms with Gasteiger partial charge in [-0.15, -0.1) is 0 Å². The van der Waals surface area contributed by atoms with Crippen LogP contribution in [0.4, 0.5) is 5.13 Å². The lowest BCUT2D eigenvalue weighted by Crippen LogP contribution is -2.31. The van der Waals surface area contributed by atoms with Crippen LogP contribution in [-0.2, 0) is 11.2 Å². The summed E-state index contributed by atoms with van der Waals surface area (Å²) in [5.41, 5.74) is 2.20. The van der Waals surface area contributed by atoms with E-state index in [4.69, 9.17) is 13.9 Å². The van der Waals surface area contributed by atoms with Gasteiger partial charge in [-0.05, 0) is 54.4 Å². The molecule has 1 amide bonds. The lowest BCUT2D eigenvalue weighted by molar-refractivity contribution is -0.117. The summed E-state index contributed by atoms with van der Waals surface area (Å²) in [5.74, 6) is -1.07. The Balaban J connectivity index is 1.73. The van der Waals surface area contributed by atoms with Gasteiger partial charge in [0.05, 0.1) is 36.3 Å². The van der Waals surface area contributed by atoms with E-state index in [1.807, 2.05) is 18.2 Å². The number of thiazole rings is 1. The number of aryl methyl sites for hydroxylation is 1. The molecule has 9 heteroatoms. The summed E-state index contributed by atoms with van der Waals surface area (Å²) in [5, 5.41) is 11.3. The summed E-state index contributed by atoms with van der Waals surface area (Å²) in [4.78, 5) is 32.9. The van der Waals surface area contributed by atoms with Crippen molar-refractivity contribution in [3.05, 3.63) is 83.0 Å². The van der Waals surface area contributed by atoms with E-state index in [0.29, 0.717) is 22.2 Å². The summed E-state index contributed by atoms with van der Waals surface area (Å²) < 4.78 is 17.2. The SMILES string of the molecule is CCc1ccc2nc(N3C(=O)C(O)=C(C(=O)c4ccco4)C3c3cc(OC)ccc3OC)sc2c1. The molecule has 2 aromatic heterocycles. The molecule has 8 nitrogen and oxygen atoms in total. The van der Waals surface area contributed by atoms with Crippen molar-refractivity contribution in [2.45, 2.75) is 19.4 Å². The Labute approximate surface area is 205 Å². The number of ether oxygens (including phenoxy) is 2. The van der Waals surface area contributed by atoms with Gasteiger partial charge >= 0.3 is 0 Å². The topological polar surface area (TPSA) is 102 Å². The van der Waals surface area contributed by atoms with E-state index in [0.717, 1.165) is 22.2 Å². The lowest BCUT2D eigenvalue weighted by atomic mass is 9.94. The lowest BCUT2D eigenvalue weighted by Gasteiger charge is -2.26. The van der Waals surface area contributed by atoms with E-state index in [-0.39, 0.29) is 11.3 Å². The number of hydrogen-bond donors (Lipinski definition) is 1. The van der Waals surface area contributed by atoms with Gasteiger partial charge in [-0.25, -0.2) is 4.98 Å². The van der Waals surface area contributed by atoms with Crippen molar-refractivity contribution in [2.75, 3.05) is 19.1 Å². The molecule has 35 heavy (non-hydrogen) atoms. The molecule has 0 bridgehead atoms. The number of furan rings is 1. The molecule has 0 fully saturated rings. The van der Waals surface area contributed by atoms with Crippen molar-refractivity contribution in [1.82, 2.24) is 4.98 Å². The zero-order valence-electron chi connectivity index (χ0n) is 19.3. The number of benzene rings is 2. The number of aromatic nitrogens is 1. The number of anilines is 1. The fourth-order valence-electron chi connectivity index (χ4n) is 4.20. The Kier molecular flexibility index (Phi) is 5.78. The van der Waals surface area contributed by atoms with Crippen LogP contribution in [0.2, 0.25) is 0 Å². The van der Waals surface area contributed by atoms with Crippen LogP contribution in [0.15, 0.2) is 70.5 Å². The third-order valence-corrected chi connectivity index (χ3v) is 7.00. The van der Waals surface area contributed by atoms with Gasteiger partial charge in [0.1, 0.15) is 17.5 Å². The monoisotopic (exact) mass is 490 g/mol. The smallest absolute Gasteiger partial charge is 0.296 e. The second-order valence-corrected chi connectivity index (χ2v) is 8.92. The predicted molar refractivity (Wildman–Crippen MR) is 131 cm³/mol. The van der Waals surface area contributed by atoms with Crippen molar-refractivity contribution in [3.8, 4) is 11.5 Å². The van der Waals surface area contributed by atoms with Gasteiger partial charge in [-0.2, -0.15) is 0 Å². The van der Waals surface area contributed by atoms with E-state index in [2.05, 4.69) is 11.9 Å². The first-order valence-corrected chi connectivity index (χ1v) is 11.7. The second-order valence-electron chi connectivity index (χ2n) is 7.91. The number of rotatable bonds is 7. The molecule has 178 valence electrons. The van der Waals surface area contributed by atoms with Crippen LogP contribution >= 0.6 is 11.3 Å². The number of aliphatic hydroxyl groups excluding tert-OH is 1. The maximum absolute atomic E-state index is 13.5. The molecule has 0 saturated carbocycles. The molecular weight excluding hydrogens is 468 g/mol. The number of carbonyl (C=O) groups excluding carboxylic acids is 2. The Morgan fingerprint density at radius 2 is 2.00 bits per heavy atom. The molecule has 0 aliphatic carbocycles. The molecule has 1 unspecified atom stereocenters. The highest BCUT2D eigenvalue weighted by Crippen LogP contribution is 2.47. The van der Waals surface area contributed by atoms with Crippen LogP contribution in [0.5, 0.6) is 11.5 Å². The number of Topliss-reactive ketones (excluding diaryl/α,β-unsaturated/α-hetero) is 1. The zero-order chi connectivity index (χ0) is 24.7. The van der Waals surface area contributed by atoms with Crippen molar-refractivity contribution in [1.29, 1.82) is 0 Å². The fraction of sp³-hybridized carbons (Fsp3) is 0.192. The quantitative estimate of drug-likeness (QED) is 0.353. The van der Waals surface area contributed by atoms with Crippen LogP contribution in [0.1, 0.15) is 34.6 Å². The number of hydrogen-bond acceptors (Lipinski definition) is 8. The van der Waals surface area contributed by atoms with Crippen molar-refractivity contribution < 1.29 is 28.6 Å². The summed E-state index contributed by atoms with van der Waals surface area (Å²) in [6, 6.07) is 13.0. The molecule has 5 rings (SSSR count). The minimum Gasteiger partial charge on any atom is -0.503 e. The summed E-state index contributed by atoms with van der Waals surface area (Å²) in [6.07, 6.45) is 2.22. The van der Waals surface area contributed by atoms with Gasteiger partial charge in [-0.3, -0.25) is 14.5 Å². The number of amides is 1. The van der Waals surface area contributed by atoms with E-state index < -0.39 is 23.5 Å². The van der Waals surface area contributed by atoms with Gasteiger partial charge in [0, 0.05) is 5.56 Å². The number of fused-ring (bicyclic) bond motifs is 1. The summed E-state index contributed by atoms with van der Waals surface area (Å²) in [7, 11) is 3.01. The van der Waals surface area contributed by atoms with Gasteiger partial charge in [0.15, 0.2) is 16.7 Å². The number of ketones is 1. The van der Waals surface area contributed by atoms with Gasteiger partial charge in [0.25, 0.3) is 5.91 Å². The molecule has 4 aromatic rings. The maximum Gasteiger partial charge on any atom is 0.296 e. The molecule has 0 spiro atoms. The molecule has 1 aliphatic heterocycles. The molecular formula is C26H22N2O6S. The Bertz CT molecular complexity index is 1470. The summed E-state index contributed by atoms with van der Waals surface area (Å²) >= 11 is 1.31. The van der Waals surface area contributed by atoms with Crippen LogP contribution in [0.3, 0.4) is 0 Å². The number of methoxy groups -OCH3 is 2. The summed E-state index contributed by atoms with van der Waals surface area (Å²) in [6.45, 7) is 2.06. The molecule has 0 saturated heterocycles. The van der Waals surface area contributed by atoms with Crippen LogP contribution in [0.25, 0.3) is 10.2 Å². The molecule has 1 atom stereocenters. The number of nitrogens with zero attached hydrogens (tertiary/aromatic N) is 2. The average Bonchev–Trinajstić information content (AvgIpc) is 3.61. The van der Waals surface area contributed by atoms with E-state index in [1.165, 1.54) is 42.8 Å². The molecule has 1 N–H and O–H groups in total. The highest BCUT2D eigenvalue weighted by atomic mass is 32.1. The first-order chi connectivity index (χ1) is 17.0. The Morgan fingerprint density at radius 3 is 2.69 bits per heavy atom. The predicted octanol–water partition coefficient (Wildman–Crippen LogP) is 5.25. The first kappa shape index (κ1) is 22.7. The van der Waals surface area contributed by atoms with Gasteiger partial charge < -0.3 is 19.0 Å². The van der Waals surface area contributed by atoms with Crippen LogP contribution < -0.4 is 14.4 Å². The largest absolute Gasteiger partial charge is 0.503 e. The number of carbonyl (C=O) groups is 2. The first-order valence-electron chi connectivity index (χ1n) is 10.9. The van der Waals surface area contributed by atoms with Crippen molar-refractivity contribution in [2.24, 2.45) is 0 Å². The van der Waals surface area contributed by atoms with E-state index in [1.54, 1.807) is 24.3 Å². The zero-order valence-corrected chi connectivity index (χ0v) is 20.1. The molecule has 2 aromatic carbocycles. The maximum atomic E-state index is 13.5. The fourth-order valence-corrected chi connectivity index (χ4v) is 5.26.